The number of rotatable bonds is 5. The summed E-state index contributed by atoms with van der Waals surface area (Å²) in [7, 11) is 0. The van der Waals surface area contributed by atoms with Crippen molar-refractivity contribution < 1.29 is 9.53 Å². The number of nitrogens with one attached hydrogen (secondary N) is 2. The van der Waals surface area contributed by atoms with Gasteiger partial charge in [-0.25, -0.2) is 0 Å². The van der Waals surface area contributed by atoms with Crippen molar-refractivity contribution in [1.29, 1.82) is 0 Å². The summed E-state index contributed by atoms with van der Waals surface area (Å²) in [6.07, 6.45) is 0.0891. The van der Waals surface area contributed by atoms with Gasteiger partial charge in [0.1, 0.15) is 5.75 Å². The molecule has 5 heteroatoms. The number of amides is 1. The molecule has 0 aromatic heterocycles. The van der Waals surface area contributed by atoms with Crippen LogP contribution in [0, 0.1) is 5.92 Å². The largest absolute Gasteiger partial charge is 0.491 e. The Kier molecular flexibility index (Phi) is 4.82. The third-order valence-corrected chi connectivity index (χ3v) is 3.38. The summed E-state index contributed by atoms with van der Waals surface area (Å²) in [6, 6.07) is 5.45. The first-order valence-electron chi connectivity index (χ1n) is 6.51. The molecule has 1 heterocycles. The fourth-order valence-corrected chi connectivity index (χ4v) is 2.34. The van der Waals surface area contributed by atoms with Crippen molar-refractivity contribution in [2.75, 3.05) is 19.6 Å². The van der Waals surface area contributed by atoms with Gasteiger partial charge in [-0.3, -0.25) is 4.79 Å². The lowest BCUT2D eigenvalue weighted by Crippen LogP contribution is -2.48. The lowest BCUT2D eigenvalue weighted by molar-refractivity contribution is 0.0941. The second-order valence-corrected chi connectivity index (χ2v) is 5.99. The van der Waals surface area contributed by atoms with Crippen LogP contribution in [-0.4, -0.2) is 31.6 Å². The predicted molar refractivity (Wildman–Crippen MR) is 78.6 cm³/mol. The minimum absolute atomic E-state index is 0.0539. The third kappa shape index (κ3) is 4.21. The minimum Gasteiger partial charge on any atom is -0.491 e. The van der Waals surface area contributed by atoms with Crippen LogP contribution in [-0.2, 0) is 0 Å². The zero-order chi connectivity index (χ0) is 13.8. The van der Waals surface area contributed by atoms with Crippen molar-refractivity contribution in [1.82, 2.24) is 10.6 Å². The highest BCUT2D eigenvalue weighted by Gasteiger charge is 2.18. The standard InChI is InChI=1S/C14H19BrN2O2/c1-9(2)19-13-4-11(3-12(15)5-13)14(18)17-8-10-6-16-7-10/h3-5,9-10,16H,6-8H2,1-2H3,(H,17,18). The van der Waals surface area contributed by atoms with E-state index in [-0.39, 0.29) is 12.0 Å². The lowest BCUT2D eigenvalue weighted by atomic mass is 10.0. The van der Waals surface area contributed by atoms with Gasteiger partial charge in [0, 0.05) is 35.6 Å². The van der Waals surface area contributed by atoms with E-state index in [1.807, 2.05) is 26.0 Å². The second kappa shape index (κ2) is 6.39. The molecule has 19 heavy (non-hydrogen) atoms. The first kappa shape index (κ1) is 14.3. The summed E-state index contributed by atoms with van der Waals surface area (Å²) >= 11 is 3.41. The van der Waals surface area contributed by atoms with Crippen molar-refractivity contribution in [2.24, 2.45) is 5.92 Å². The fraction of sp³-hybridized carbons (Fsp3) is 0.500. The maximum absolute atomic E-state index is 12.1. The Bertz CT molecular complexity index is 459. The van der Waals surface area contributed by atoms with Gasteiger partial charge >= 0.3 is 0 Å². The monoisotopic (exact) mass is 326 g/mol. The number of ether oxygens (including phenoxy) is 1. The highest BCUT2D eigenvalue weighted by Crippen LogP contribution is 2.22. The van der Waals surface area contributed by atoms with E-state index >= 15 is 0 Å². The van der Waals surface area contributed by atoms with Gasteiger partial charge < -0.3 is 15.4 Å². The molecule has 1 amide bonds. The molecule has 0 saturated carbocycles. The summed E-state index contributed by atoms with van der Waals surface area (Å²) in [5, 5.41) is 6.14. The molecule has 2 rings (SSSR count). The molecular weight excluding hydrogens is 308 g/mol. The number of hydrogen-bond donors (Lipinski definition) is 2. The molecule has 2 N–H and O–H groups in total. The minimum atomic E-state index is -0.0539. The van der Waals surface area contributed by atoms with E-state index in [0.717, 1.165) is 24.1 Å². The molecule has 0 atom stereocenters. The van der Waals surface area contributed by atoms with E-state index in [4.69, 9.17) is 4.74 Å². The zero-order valence-corrected chi connectivity index (χ0v) is 12.8. The Hall–Kier alpha value is -1.07. The van der Waals surface area contributed by atoms with Gasteiger partial charge in [-0.2, -0.15) is 0 Å². The second-order valence-electron chi connectivity index (χ2n) is 5.08. The summed E-state index contributed by atoms with van der Waals surface area (Å²) in [5.74, 6) is 1.21. The molecule has 0 unspecified atom stereocenters. The first-order chi connectivity index (χ1) is 9.04. The van der Waals surface area contributed by atoms with Gasteiger partial charge in [0.15, 0.2) is 0 Å². The predicted octanol–water partition coefficient (Wildman–Crippen LogP) is 2.19. The normalized spacial score (nSPS) is 15.2. The van der Waals surface area contributed by atoms with Gasteiger partial charge in [-0.15, -0.1) is 0 Å². The van der Waals surface area contributed by atoms with Crippen molar-refractivity contribution in [3.63, 3.8) is 0 Å². The van der Waals surface area contributed by atoms with E-state index in [0.29, 0.717) is 17.2 Å². The van der Waals surface area contributed by atoms with Gasteiger partial charge in [0.05, 0.1) is 6.10 Å². The average Bonchev–Trinajstić information content (AvgIpc) is 2.24. The van der Waals surface area contributed by atoms with E-state index < -0.39 is 0 Å². The average molecular weight is 327 g/mol. The van der Waals surface area contributed by atoms with Crippen LogP contribution in [0.4, 0.5) is 0 Å². The Balaban J connectivity index is 2.00. The van der Waals surface area contributed by atoms with Crippen LogP contribution >= 0.6 is 15.9 Å². The van der Waals surface area contributed by atoms with Crippen LogP contribution in [0.15, 0.2) is 22.7 Å². The number of hydrogen-bond acceptors (Lipinski definition) is 3. The van der Waals surface area contributed by atoms with Crippen LogP contribution < -0.4 is 15.4 Å². The molecule has 0 aliphatic carbocycles. The Morgan fingerprint density at radius 2 is 2.21 bits per heavy atom. The number of benzene rings is 1. The van der Waals surface area contributed by atoms with E-state index in [9.17, 15) is 4.79 Å². The van der Waals surface area contributed by atoms with E-state index in [2.05, 4.69) is 26.6 Å². The van der Waals surface area contributed by atoms with Crippen LogP contribution in [0.1, 0.15) is 24.2 Å². The van der Waals surface area contributed by atoms with Crippen LogP contribution in [0.2, 0.25) is 0 Å². The quantitative estimate of drug-likeness (QED) is 0.872. The molecular formula is C14H19BrN2O2. The fourth-order valence-electron chi connectivity index (χ4n) is 1.87. The van der Waals surface area contributed by atoms with Crippen molar-refractivity contribution in [2.45, 2.75) is 20.0 Å². The molecule has 4 nitrogen and oxygen atoms in total. The molecule has 1 aliphatic heterocycles. The van der Waals surface area contributed by atoms with Gasteiger partial charge in [-0.05, 0) is 32.0 Å². The SMILES string of the molecule is CC(C)Oc1cc(Br)cc(C(=O)NCC2CNC2)c1. The summed E-state index contributed by atoms with van der Waals surface area (Å²) in [5.41, 5.74) is 0.623. The Morgan fingerprint density at radius 3 is 2.79 bits per heavy atom. The highest BCUT2D eigenvalue weighted by atomic mass is 79.9. The van der Waals surface area contributed by atoms with Crippen molar-refractivity contribution in [3.8, 4) is 5.75 Å². The number of halogens is 1. The van der Waals surface area contributed by atoms with E-state index in [1.54, 1.807) is 6.07 Å². The molecule has 0 radical (unpaired) electrons. The molecule has 1 aliphatic rings. The summed E-state index contributed by atoms with van der Waals surface area (Å²) in [4.78, 5) is 12.1. The zero-order valence-electron chi connectivity index (χ0n) is 11.2. The van der Waals surface area contributed by atoms with Crippen LogP contribution in [0.3, 0.4) is 0 Å². The van der Waals surface area contributed by atoms with E-state index in [1.165, 1.54) is 0 Å². The topological polar surface area (TPSA) is 50.4 Å². The van der Waals surface area contributed by atoms with Gasteiger partial charge in [0.2, 0.25) is 0 Å². The van der Waals surface area contributed by atoms with Crippen molar-refractivity contribution >= 4 is 21.8 Å². The molecule has 1 aromatic carbocycles. The molecule has 104 valence electrons. The Morgan fingerprint density at radius 1 is 1.47 bits per heavy atom. The molecule has 1 fully saturated rings. The smallest absolute Gasteiger partial charge is 0.251 e. The third-order valence-electron chi connectivity index (χ3n) is 2.92. The van der Waals surface area contributed by atoms with Gasteiger partial charge in [0.25, 0.3) is 5.91 Å². The number of carbonyl (C=O) groups is 1. The Labute approximate surface area is 122 Å². The van der Waals surface area contributed by atoms with Crippen LogP contribution in [0.25, 0.3) is 0 Å². The van der Waals surface area contributed by atoms with Crippen LogP contribution in [0.5, 0.6) is 5.75 Å². The summed E-state index contributed by atoms with van der Waals surface area (Å²) in [6.45, 7) is 6.62. The highest BCUT2D eigenvalue weighted by molar-refractivity contribution is 9.10. The molecule has 1 aromatic rings. The number of carbonyl (C=O) groups excluding carboxylic acids is 1. The molecule has 0 bridgehead atoms. The van der Waals surface area contributed by atoms with Crippen molar-refractivity contribution in [3.05, 3.63) is 28.2 Å². The van der Waals surface area contributed by atoms with Gasteiger partial charge in [-0.1, -0.05) is 15.9 Å². The summed E-state index contributed by atoms with van der Waals surface area (Å²) < 4.78 is 6.47. The maximum Gasteiger partial charge on any atom is 0.251 e. The first-order valence-corrected chi connectivity index (χ1v) is 7.30. The molecule has 0 spiro atoms. The molecule has 1 saturated heterocycles. The lowest BCUT2D eigenvalue weighted by Gasteiger charge is -2.27. The maximum atomic E-state index is 12.1.